The summed E-state index contributed by atoms with van der Waals surface area (Å²) in [6, 6.07) is 25.5. The minimum Gasteiger partial charge on any atom is -0.366 e. The van der Waals surface area contributed by atoms with E-state index in [1.165, 1.54) is 28.9 Å². The molecule has 1 aliphatic rings. The van der Waals surface area contributed by atoms with Gasteiger partial charge in [0.15, 0.2) is 0 Å². The first-order valence-corrected chi connectivity index (χ1v) is 8.24. The first-order valence-electron chi connectivity index (χ1n) is 8.24. The number of hydrogen-bond acceptors (Lipinski definition) is 2. The van der Waals surface area contributed by atoms with Gasteiger partial charge in [-0.3, -0.25) is 4.98 Å². The molecule has 0 fully saturated rings. The second kappa shape index (κ2) is 6.25. The summed E-state index contributed by atoms with van der Waals surface area (Å²) in [6.07, 6.45) is 2.24. The number of anilines is 1. The normalized spacial score (nSPS) is 13.7. The van der Waals surface area contributed by atoms with Crippen LogP contribution in [-0.4, -0.2) is 11.5 Å². The zero-order chi connectivity index (χ0) is 15.5. The predicted octanol–water partition coefficient (Wildman–Crippen LogP) is 4.70. The topological polar surface area (TPSA) is 16.1 Å². The van der Waals surface area contributed by atoms with Crippen LogP contribution >= 0.6 is 0 Å². The van der Waals surface area contributed by atoms with Crippen LogP contribution in [0.4, 0.5) is 5.69 Å². The molecule has 0 N–H and O–H groups in total. The SMILES string of the molecule is c1ccc(CN2CCCc3nc(-c4ccccc4)ccc32)cc1. The zero-order valence-corrected chi connectivity index (χ0v) is 13.2. The highest BCUT2D eigenvalue weighted by Gasteiger charge is 2.18. The van der Waals surface area contributed by atoms with Gasteiger partial charge in [-0.25, -0.2) is 0 Å². The number of nitrogens with zero attached hydrogens (tertiary/aromatic N) is 2. The molecule has 2 nitrogen and oxygen atoms in total. The molecule has 23 heavy (non-hydrogen) atoms. The Labute approximate surface area is 137 Å². The van der Waals surface area contributed by atoms with Gasteiger partial charge in [0.05, 0.1) is 17.1 Å². The maximum Gasteiger partial charge on any atom is 0.0706 e. The Morgan fingerprint density at radius 2 is 1.57 bits per heavy atom. The molecular formula is C21H20N2. The van der Waals surface area contributed by atoms with Crippen molar-refractivity contribution in [1.82, 2.24) is 4.98 Å². The Morgan fingerprint density at radius 1 is 0.826 bits per heavy atom. The van der Waals surface area contributed by atoms with Crippen molar-refractivity contribution >= 4 is 5.69 Å². The van der Waals surface area contributed by atoms with E-state index < -0.39 is 0 Å². The third-order valence-electron chi connectivity index (χ3n) is 4.42. The largest absolute Gasteiger partial charge is 0.366 e. The molecule has 4 rings (SSSR count). The second-order valence-corrected chi connectivity index (χ2v) is 6.04. The van der Waals surface area contributed by atoms with Gasteiger partial charge >= 0.3 is 0 Å². The minimum absolute atomic E-state index is 0.959. The highest BCUT2D eigenvalue weighted by Crippen LogP contribution is 2.29. The van der Waals surface area contributed by atoms with Crippen LogP contribution in [0.25, 0.3) is 11.3 Å². The molecule has 114 valence electrons. The number of fused-ring (bicyclic) bond motifs is 1. The van der Waals surface area contributed by atoms with E-state index in [1.807, 2.05) is 6.07 Å². The van der Waals surface area contributed by atoms with Gasteiger partial charge in [-0.2, -0.15) is 0 Å². The number of aryl methyl sites for hydroxylation is 1. The van der Waals surface area contributed by atoms with Gasteiger partial charge in [0.25, 0.3) is 0 Å². The molecule has 1 aliphatic heterocycles. The Balaban J connectivity index is 1.64. The molecule has 0 saturated heterocycles. The quantitative estimate of drug-likeness (QED) is 0.697. The molecule has 0 bridgehead atoms. The van der Waals surface area contributed by atoms with Gasteiger partial charge in [0.1, 0.15) is 0 Å². The maximum atomic E-state index is 4.93. The van der Waals surface area contributed by atoms with Crippen molar-refractivity contribution in [2.45, 2.75) is 19.4 Å². The standard InChI is InChI=1S/C21H20N2/c1-3-8-17(9-4-1)16-23-15-7-12-20-21(23)14-13-19(22-20)18-10-5-2-6-11-18/h1-6,8-11,13-14H,7,12,15-16H2. The fraction of sp³-hybridized carbons (Fsp3) is 0.190. The summed E-state index contributed by atoms with van der Waals surface area (Å²) in [5, 5.41) is 0. The number of rotatable bonds is 3. The highest BCUT2D eigenvalue weighted by molar-refractivity contribution is 5.64. The summed E-state index contributed by atoms with van der Waals surface area (Å²) in [5.74, 6) is 0. The molecule has 2 aromatic carbocycles. The minimum atomic E-state index is 0.959. The summed E-state index contributed by atoms with van der Waals surface area (Å²) in [6.45, 7) is 2.06. The molecule has 0 amide bonds. The third-order valence-corrected chi connectivity index (χ3v) is 4.42. The van der Waals surface area contributed by atoms with Gasteiger partial charge in [-0.1, -0.05) is 60.7 Å². The molecule has 0 radical (unpaired) electrons. The van der Waals surface area contributed by atoms with E-state index in [0.717, 1.165) is 25.2 Å². The van der Waals surface area contributed by atoms with Crippen LogP contribution in [0.5, 0.6) is 0 Å². The first-order chi connectivity index (χ1) is 11.4. The molecule has 0 aliphatic carbocycles. The molecule has 0 atom stereocenters. The van der Waals surface area contributed by atoms with E-state index in [4.69, 9.17) is 4.98 Å². The van der Waals surface area contributed by atoms with Crippen molar-refractivity contribution in [3.63, 3.8) is 0 Å². The molecule has 0 saturated carbocycles. The lowest BCUT2D eigenvalue weighted by Crippen LogP contribution is -2.29. The summed E-state index contributed by atoms with van der Waals surface area (Å²) in [5.41, 5.74) is 6.14. The maximum absolute atomic E-state index is 4.93. The lowest BCUT2D eigenvalue weighted by Gasteiger charge is -2.31. The van der Waals surface area contributed by atoms with E-state index in [9.17, 15) is 0 Å². The average Bonchev–Trinajstić information content (AvgIpc) is 2.63. The first kappa shape index (κ1) is 14.0. The summed E-state index contributed by atoms with van der Waals surface area (Å²) in [7, 11) is 0. The van der Waals surface area contributed by atoms with E-state index in [1.54, 1.807) is 0 Å². The summed E-state index contributed by atoms with van der Waals surface area (Å²) < 4.78 is 0. The van der Waals surface area contributed by atoms with Crippen molar-refractivity contribution in [2.24, 2.45) is 0 Å². The summed E-state index contributed by atoms with van der Waals surface area (Å²) >= 11 is 0. The Kier molecular flexibility index (Phi) is 3.81. The molecule has 2 heteroatoms. The molecule has 3 aromatic rings. The Hall–Kier alpha value is -2.61. The van der Waals surface area contributed by atoms with E-state index in [2.05, 4.69) is 71.6 Å². The van der Waals surface area contributed by atoms with Crippen LogP contribution in [0.2, 0.25) is 0 Å². The average molecular weight is 300 g/mol. The molecule has 0 spiro atoms. The Bertz CT molecular complexity index is 781. The highest BCUT2D eigenvalue weighted by atomic mass is 15.1. The monoisotopic (exact) mass is 300 g/mol. The number of aromatic nitrogens is 1. The van der Waals surface area contributed by atoms with Crippen molar-refractivity contribution in [3.8, 4) is 11.3 Å². The van der Waals surface area contributed by atoms with Crippen LogP contribution in [0.15, 0.2) is 72.8 Å². The number of hydrogen-bond donors (Lipinski definition) is 0. The molecule has 2 heterocycles. The Morgan fingerprint density at radius 3 is 2.35 bits per heavy atom. The van der Waals surface area contributed by atoms with Gasteiger partial charge in [-0.15, -0.1) is 0 Å². The lowest BCUT2D eigenvalue weighted by molar-refractivity contribution is 0.678. The van der Waals surface area contributed by atoms with Gasteiger partial charge in [-0.05, 0) is 30.5 Å². The molecule has 0 unspecified atom stereocenters. The van der Waals surface area contributed by atoms with E-state index in [0.29, 0.717) is 0 Å². The van der Waals surface area contributed by atoms with Crippen LogP contribution in [0, 0.1) is 0 Å². The van der Waals surface area contributed by atoms with Gasteiger partial charge < -0.3 is 4.90 Å². The fourth-order valence-corrected chi connectivity index (χ4v) is 3.26. The number of pyridine rings is 1. The van der Waals surface area contributed by atoms with Gasteiger partial charge in [0, 0.05) is 18.7 Å². The van der Waals surface area contributed by atoms with Crippen molar-refractivity contribution in [1.29, 1.82) is 0 Å². The smallest absolute Gasteiger partial charge is 0.0706 e. The van der Waals surface area contributed by atoms with Crippen molar-refractivity contribution in [3.05, 3.63) is 84.1 Å². The van der Waals surface area contributed by atoms with Crippen molar-refractivity contribution < 1.29 is 0 Å². The van der Waals surface area contributed by atoms with E-state index >= 15 is 0 Å². The van der Waals surface area contributed by atoms with Crippen LogP contribution in [0.1, 0.15) is 17.7 Å². The zero-order valence-electron chi connectivity index (χ0n) is 13.2. The fourth-order valence-electron chi connectivity index (χ4n) is 3.26. The summed E-state index contributed by atoms with van der Waals surface area (Å²) in [4.78, 5) is 7.39. The molecule has 1 aromatic heterocycles. The molecular weight excluding hydrogens is 280 g/mol. The van der Waals surface area contributed by atoms with Crippen LogP contribution < -0.4 is 4.90 Å². The lowest BCUT2D eigenvalue weighted by atomic mass is 10.0. The van der Waals surface area contributed by atoms with E-state index in [-0.39, 0.29) is 0 Å². The second-order valence-electron chi connectivity index (χ2n) is 6.04. The van der Waals surface area contributed by atoms with Crippen LogP contribution in [-0.2, 0) is 13.0 Å². The van der Waals surface area contributed by atoms with Crippen molar-refractivity contribution in [2.75, 3.05) is 11.4 Å². The van der Waals surface area contributed by atoms with Crippen LogP contribution in [0.3, 0.4) is 0 Å². The predicted molar refractivity (Wildman–Crippen MR) is 95.5 cm³/mol. The number of benzene rings is 2. The third kappa shape index (κ3) is 2.98. The van der Waals surface area contributed by atoms with Gasteiger partial charge in [0.2, 0.25) is 0 Å².